The fourth-order valence-corrected chi connectivity index (χ4v) is 7.42. The van der Waals surface area contributed by atoms with Gasteiger partial charge in [-0.1, -0.05) is 105 Å². The predicted octanol–water partition coefficient (Wildman–Crippen LogP) is 12.0. The van der Waals surface area contributed by atoms with E-state index in [2.05, 4.69) is 110 Å². The molecule has 0 fully saturated rings. The summed E-state index contributed by atoms with van der Waals surface area (Å²) < 4.78 is 13.2. The van der Waals surface area contributed by atoms with E-state index in [1.54, 1.807) is 0 Å². The van der Waals surface area contributed by atoms with Crippen molar-refractivity contribution in [3.05, 3.63) is 109 Å². The van der Waals surface area contributed by atoms with Gasteiger partial charge in [0.05, 0.1) is 13.2 Å². The Hall–Kier alpha value is -3.08. The minimum Gasteiger partial charge on any atom is -0.492 e. The van der Waals surface area contributed by atoms with E-state index in [1.165, 1.54) is 70.8 Å². The van der Waals surface area contributed by atoms with Crippen LogP contribution >= 0.6 is 23.5 Å². The van der Waals surface area contributed by atoms with Gasteiger partial charge in [-0.15, -0.1) is 23.5 Å². The maximum atomic E-state index is 6.61. The molecule has 0 bridgehead atoms. The van der Waals surface area contributed by atoms with E-state index >= 15 is 0 Å². The summed E-state index contributed by atoms with van der Waals surface area (Å²) in [7, 11) is 0. The summed E-state index contributed by atoms with van der Waals surface area (Å²) in [4.78, 5) is 2.73. The fraction of sp³-hybridized carbons (Fsp3) is 0.350. The van der Waals surface area contributed by atoms with Gasteiger partial charge >= 0.3 is 0 Å². The van der Waals surface area contributed by atoms with Crippen LogP contribution in [0.3, 0.4) is 0 Å². The van der Waals surface area contributed by atoms with Gasteiger partial charge in [0.15, 0.2) is 0 Å². The Kier molecular flexibility index (Phi) is 13.2. The van der Waals surface area contributed by atoms with Gasteiger partial charge in [-0.2, -0.15) is 0 Å². The van der Waals surface area contributed by atoms with Gasteiger partial charge in [-0.25, -0.2) is 0 Å². The fourth-order valence-electron chi connectivity index (χ4n) is 5.55. The molecule has 0 saturated heterocycles. The van der Waals surface area contributed by atoms with Crippen molar-refractivity contribution < 1.29 is 9.47 Å². The smallest absolute Gasteiger partial charge is 0.135 e. The van der Waals surface area contributed by atoms with Gasteiger partial charge in [-0.05, 0) is 79.5 Å². The van der Waals surface area contributed by atoms with Crippen molar-refractivity contribution in [2.45, 2.75) is 74.5 Å². The molecule has 4 heteroatoms. The lowest BCUT2D eigenvalue weighted by Crippen LogP contribution is -2.03. The molecule has 0 aliphatic carbocycles. The summed E-state index contributed by atoms with van der Waals surface area (Å²) in [6, 6.07) is 36.8. The van der Waals surface area contributed by atoms with Gasteiger partial charge in [0.1, 0.15) is 11.5 Å². The molecule has 0 heterocycles. The normalized spacial score (nSPS) is 11.3. The second kappa shape index (κ2) is 18.0. The Morgan fingerprint density at radius 1 is 0.455 bits per heavy atom. The molecule has 5 aromatic carbocycles. The van der Waals surface area contributed by atoms with Crippen molar-refractivity contribution in [3.63, 3.8) is 0 Å². The maximum absolute atomic E-state index is 6.61. The number of benzene rings is 5. The van der Waals surface area contributed by atoms with E-state index in [-0.39, 0.29) is 0 Å². The van der Waals surface area contributed by atoms with Crippen molar-refractivity contribution in [3.8, 4) is 11.5 Å². The van der Waals surface area contributed by atoms with Crippen LogP contribution in [0, 0.1) is 0 Å². The third-order valence-electron chi connectivity index (χ3n) is 7.99. The van der Waals surface area contributed by atoms with E-state index in [0.29, 0.717) is 0 Å². The lowest BCUT2D eigenvalue weighted by molar-refractivity contribution is 0.307. The second-order valence-corrected chi connectivity index (χ2v) is 13.6. The average molecular weight is 623 g/mol. The molecule has 0 saturated carbocycles. The first-order chi connectivity index (χ1) is 21.8. The Bertz CT molecular complexity index is 1550. The van der Waals surface area contributed by atoms with Crippen LogP contribution in [0.15, 0.2) is 113 Å². The topological polar surface area (TPSA) is 18.5 Å². The van der Waals surface area contributed by atoms with Crippen LogP contribution in [0.5, 0.6) is 11.5 Å². The minimum atomic E-state index is 0.739. The number of unbranched alkanes of at least 4 members (excludes halogenated alkanes) is 6. The zero-order valence-corrected chi connectivity index (χ0v) is 27.8. The Morgan fingerprint density at radius 3 is 1.43 bits per heavy atom. The van der Waals surface area contributed by atoms with E-state index in [1.807, 2.05) is 23.5 Å². The molecule has 44 heavy (non-hydrogen) atoms. The first-order valence-electron chi connectivity index (χ1n) is 16.4. The van der Waals surface area contributed by atoms with Crippen LogP contribution in [0.1, 0.15) is 63.9 Å². The zero-order valence-electron chi connectivity index (χ0n) is 26.1. The van der Waals surface area contributed by atoms with Crippen molar-refractivity contribution >= 4 is 45.1 Å². The minimum absolute atomic E-state index is 0.739. The molecule has 0 amide bonds. The molecule has 0 aliphatic rings. The van der Waals surface area contributed by atoms with E-state index in [4.69, 9.17) is 9.47 Å². The molecule has 5 aromatic rings. The quantitative estimate of drug-likeness (QED) is 0.0518. The Balaban J connectivity index is 1.15. The summed E-state index contributed by atoms with van der Waals surface area (Å²) in [5.74, 6) is 4.36. The van der Waals surface area contributed by atoms with Crippen molar-refractivity contribution in [1.29, 1.82) is 0 Å². The number of hydrogen-bond donors (Lipinski definition) is 0. The monoisotopic (exact) mass is 622 g/mol. The second-order valence-electron chi connectivity index (χ2n) is 11.3. The predicted molar refractivity (Wildman–Crippen MR) is 193 cm³/mol. The molecule has 0 N–H and O–H groups in total. The van der Waals surface area contributed by atoms with Gasteiger partial charge in [0, 0.05) is 31.3 Å². The Morgan fingerprint density at radius 2 is 0.909 bits per heavy atom. The first-order valence-corrected chi connectivity index (χ1v) is 18.4. The Labute approximate surface area is 272 Å². The molecule has 0 aliphatic heterocycles. The van der Waals surface area contributed by atoms with Crippen molar-refractivity contribution in [2.24, 2.45) is 0 Å². The highest BCUT2D eigenvalue weighted by molar-refractivity contribution is 7.99. The number of aryl methyl sites for hydroxylation is 1. The maximum Gasteiger partial charge on any atom is 0.135 e. The van der Waals surface area contributed by atoms with Gasteiger partial charge in [-0.3, -0.25) is 0 Å². The highest BCUT2D eigenvalue weighted by atomic mass is 32.2. The number of rotatable bonds is 19. The molecule has 2 nitrogen and oxygen atoms in total. The summed E-state index contributed by atoms with van der Waals surface area (Å²) >= 11 is 3.91. The zero-order chi connectivity index (χ0) is 30.2. The van der Waals surface area contributed by atoms with Crippen LogP contribution in [-0.4, -0.2) is 24.7 Å². The number of thioether (sulfide) groups is 2. The lowest BCUT2D eigenvalue weighted by Gasteiger charge is -2.18. The number of ether oxygens (including phenoxy) is 2. The summed E-state index contributed by atoms with van der Waals surface area (Å²) in [6.45, 7) is 3.70. The van der Waals surface area contributed by atoms with Gasteiger partial charge in [0.25, 0.3) is 0 Å². The molecular weight excluding hydrogens is 577 g/mol. The molecule has 5 rings (SSSR count). The van der Waals surface area contributed by atoms with Crippen LogP contribution < -0.4 is 9.47 Å². The van der Waals surface area contributed by atoms with Crippen LogP contribution in [0.4, 0.5) is 0 Å². The molecule has 230 valence electrons. The van der Waals surface area contributed by atoms with Gasteiger partial charge < -0.3 is 9.47 Å². The SMILES string of the molecule is CCc1ccc2c(OCCCCCCSc3ccccc3)c3ccccc3c(OCCCCCCSc3ccccc3)c2c1. The van der Waals surface area contributed by atoms with Crippen LogP contribution in [0.2, 0.25) is 0 Å². The third-order valence-corrected chi connectivity index (χ3v) is 10.2. The average Bonchev–Trinajstić information content (AvgIpc) is 3.08. The first kappa shape index (κ1) is 32.3. The molecule has 0 radical (unpaired) electrons. The van der Waals surface area contributed by atoms with Crippen LogP contribution in [-0.2, 0) is 6.42 Å². The highest BCUT2D eigenvalue weighted by Gasteiger charge is 2.16. The third kappa shape index (κ3) is 9.46. The van der Waals surface area contributed by atoms with E-state index in [9.17, 15) is 0 Å². The highest BCUT2D eigenvalue weighted by Crippen LogP contribution is 2.43. The summed E-state index contributed by atoms with van der Waals surface area (Å²) in [5, 5.41) is 4.64. The summed E-state index contributed by atoms with van der Waals surface area (Å²) in [5.41, 5.74) is 1.33. The summed E-state index contributed by atoms with van der Waals surface area (Å²) in [6.07, 6.45) is 10.5. The van der Waals surface area contributed by atoms with Gasteiger partial charge in [0.2, 0.25) is 0 Å². The van der Waals surface area contributed by atoms with Crippen molar-refractivity contribution in [1.82, 2.24) is 0 Å². The molecule has 0 spiro atoms. The van der Waals surface area contributed by atoms with Crippen LogP contribution in [0.25, 0.3) is 21.5 Å². The number of fused-ring (bicyclic) bond motifs is 2. The standard InChI is InChI=1S/C40H46O2S2/c1-2-32-25-26-37-38(31-32)40(42-28-16-4-6-18-30-44-34-21-11-8-12-22-34)36-24-14-13-23-35(36)39(37)41-27-15-3-5-17-29-43-33-19-9-7-10-20-33/h7-14,19-26,31H,2-6,15-18,27-30H2,1H3. The number of hydrogen-bond acceptors (Lipinski definition) is 4. The van der Waals surface area contributed by atoms with Crippen molar-refractivity contribution in [2.75, 3.05) is 24.7 Å². The van der Waals surface area contributed by atoms with E-state index < -0.39 is 0 Å². The van der Waals surface area contributed by atoms with E-state index in [0.717, 1.165) is 60.1 Å². The molecule has 0 aromatic heterocycles. The molecular formula is C40H46O2S2. The largest absolute Gasteiger partial charge is 0.492 e. The lowest BCUT2D eigenvalue weighted by atomic mass is 9.98. The molecule has 0 atom stereocenters. The molecule has 0 unspecified atom stereocenters.